The van der Waals surface area contributed by atoms with Crippen molar-refractivity contribution in [2.75, 3.05) is 13.2 Å². The number of fused-ring (bicyclic) bond motifs is 1. The molecule has 170 valence electrons. The highest BCUT2D eigenvalue weighted by atomic mass is 16.7. The van der Waals surface area contributed by atoms with Crippen molar-refractivity contribution in [1.82, 2.24) is 5.32 Å². The summed E-state index contributed by atoms with van der Waals surface area (Å²) in [6.45, 7) is 6.16. The van der Waals surface area contributed by atoms with Crippen LogP contribution in [0.1, 0.15) is 24.3 Å². The number of hydrogen-bond acceptors (Lipinski definition) is 6. The molecule has 7 nitrogen and oxygen atoms in total. The second kappa shape index (κ2) is 10.8. The van der Waals surface area contributed by atoms with Crippen LogP contribution in [0.4, 0.5) is 0 Å². The van der Waals surface area contributed by atoms with Crippen LogP contribution in [-0.4, -0.2) is 49.8 Å². The average molecular weight is 440 g/mol. The van der Waals surface area contributed by atoms with E-state index in [1.54, 1.807) is 6.08 Å². The van der Waals surface area contributed by atoms with Crippen LogP contribution in [0.15, 0.2) is 73.3 Å². The molecule has 0 aromatic heterocycles. The molecule has 0 radical (unpaired) electrons. The van der Waals surface area contributed by atoms with E-state index in [0.29, 0.717) is 19.8 Å². The largest absolute Gasteiger partial charge is 0.369 e. The quantitative estimate of drug-likeness (QED) is 0.637. The van der Waals surface area contributed by atoms with Crippen molar-refractivity contribution >= 4 is 5.91 Å². The molecule has 7 heteroatoms. The minimum atomic E-state index is -0.726. The van der Waals surface area contributed by atoms with Gasteiger partial charge in [0.05, 0.1) is 19.8 Å². The molecule has 0 bridgehead atoms. The smallest absolute Gasteiger partial charge is 0.217 e. The van der Waals surface area contributed by atoms with Crippen molar-refractivity contribution in [3.8, 4) is 0 Å². The molecule has 0 aliphatic carbocycles. The summed E-state index contributed by atoms with van der Waals surface area (Å²) >= 11 is 0. The van der Waals surface area contributed by atoms with Gasteiger partial charge in [0, 0.05) is 12.5 Å². The van der Waals surface area contributed by atoms with Gasteiger partial charge in [0.15, 0.2) is 12.6 Å². The first-order valence-electron chi connectivity index (χ1n) is 10.8. The molecule has 32 heavy (non-hydrogen) atoms. The zero-order valence-corrected chi connectivity index (χ0v) is 18.1. The van der Waals surface area contributed by atoms with Crippen LogP contribution in [0.3, 0.4) is 0 Å². The first kappa shape index (κ1) is 22.6. The Balaban J connectivity index is 1.55. The van der Waals surface area contributed by atoms with Crippen molar-refractivity contribution in [1.29, 1.82) is 0 Å². The Morgan fingerprint density at radius 2 is 1.81 bits per heavy atom. The molecule has 1 N–H and O–H groups in total. The fraction of sp³-hybridized carbons (Fsp3) is 0.400. The Kier molecular flexibility index (Phi) is 7.68. The Morgan fingerprint density at radius 3 is 2.50 bits per heavy atom. The van der Waals surface area contributed by atoms with E-state index < -0.39 is 36.9 Å². The number of carbonyl (C=O) groups is 1. The number of benzene rings is 2. The summed E-state index contributed by atoms with van der Waals surface area (Å²) in [6, 6.07) is 18.9. The predicted octanol–water partition coefficient (Wildman–Crippen LogP) is 3.12. The van der Waals surface area contributed by atoms with Crippen LogP contribution in [-0.2, 0) is 35.1 Å². The van der Waals surface area contributed by atoms with Gasteiger partial charge in [-0.2, -0.15) is 0 Å². The normalized spacial score (nSPS) is 29.7. The van der Waals surface area contributed by atoms with E-state index in [1.165, 1.54) is 6.92 Å². The SMILES string of the molecule is C=CCO[C@H]1[C@H](NC(C)=O)[C@H](OCc2ccccc2)O[C@H]2CO[C@@H](c3ccccc3)O[C@@H]12. The van der Waals surface area contributed by atoms with Gasteiger partial charge in [-0.25, -0.2) is 0 Å². The van der Waals surface area contributed by atoms with Crippen LogP contribution in [0.2, 0.25) is 0 Å². The van der Waals surface area contributed by atoms with Gasteiger partial charge in [0.1, 0.15) is 24.4 Å². The third kappa shape index (κ3) is 5.43. The topological polar surface area (TPSA) is 75.3 Å². The summed E-state index contributed by atoms with van der Waals surface area (Å²) < 4.78 is 30.7. The summed E-state index contributed by atoms with van der Waals surface area (Å²) in [5, 5.41) is 2.95. The first-order chi connectivity index (χ1) is 15.7. The number of rotatable bonds is 8. The van der Waals surface area contributed by atoms with Gasteiger partial charge in [-0.05, 0) is 5.56 Å². The number of hydrogen-bond donors (Lipinski definition) is 1. The number of nitrogens with one attached hydrogen (secondary N) is 1. The summed E-state index contributed by atoms with van der Waals surface area (Å²) in [5.41, 5.74) is 1.91. The minimum absolute atomic E-state index is 0.204. The molecule has 2 aromatic rings. The van der Waals surface area contributed by atoms with Crippen LogP contribution in [0, 0.1) is 0 Å². The second-order valence-corrected chi connectivity index (χ2v) is 7.83. The van der Waals surface area contributed by atoms with E-state index >= 15 is 0 Å². The minimum Gasteiger partial charge on any atom is -0.369 e. The lowest BCUT2D eigenvalue weighted by molar-refractivity contribution is -0.349. The summed E-state index contributed by atoms with van der Waals surface area (Å²) in [5.74, 6) is -0.204. The van der Waals surface area contributed by atoms with E-state index in [4.69, 9.17) is 23.7 Å². The lowest BCUT2D eigenvalue weighted by Gasteiger charge is -2.49. The van der Waals surface area contributed by atoms with Gasteiger partial charge in [0.2, 0.25) is 5.91 Å². The molecule has 2 heterocycles. The molecule has 4 rings (SSSR count). The lowest BCUT2D eigenvalue weighted by Crippen LogP contribution is -2.67. The Bertz CT molecular complexity index is 877. The Morgan fingerprint density at radius 1 is 1.09 bits per heavy atom. The average Bonchev–Trinajstić information content (AvgIpc) is 2.82. The maximum Gasteiger partial charge on any atom is 0.217 e. The third-order valence-corrected chi connectivity index (χ3v) is 5.44. The fourth-order valence-corrected chi connectivity index (χ4v) is 4.01. The molecule has 0 saturated carbocycles. The number of ether oxygens (including phenoxy) is 5. The fourth-order valence-electron chi connectivity index (χ4n) is 4.01. The molecular formula is C25H29NO6. The van der Waals surface area contributed by atoms with E-state index in [1.807, 2.05) is 60.7 Å². The molecule has 2 saturated heterocycles. The highest BCUT2D eigenvalue weighted by Gasteiger charge is 2.51. The van der Waals surface area contributed by atoms with E-state index in [2.05, 4.69) is 11.9 Å². The Labute approximate surface area is 188 Å². The van der Waals surface area contributed by atoms with Crippen molar-refractivity contribution in [3.05, 3.63) is 84.4 Å². The highest BCUT2D eigenvalue weighted by Crippen LogP contribution is 2.35. The van der Waals surface area contributed by atoms with Crippen LogP contribution in [0.25, 0.3) is 0 Å². The summed E-state index contributed by atoms with van der Waals surface area (Å²) in [4.78, 5) is 12.0. The van der Waals surface area contributed by atoms with Crippen LogP contribution in [0.5, 0.6) is 0 Å². The number of amides is 1. The lowest BCUT2D eigenvalue weighted by atomic mass is 9.95. The molecule has 0 spiro atoms. The van der Waals surface area contributed by atoms with Gasteiger partial charge in [-0.1, -0.05) is 66.7 Å². The maximum absolute atomic E-state index is 12.0. The predicted molar refractivity (Wildman–Crippen MR) is 117 cm³/mol. The molecule has 2 aromatic carbocycles. The highest BCUT2D eigenvalue weighted by molar-refractivity contribution is 5.73. The molecule has 6 atom stereocenters. The van der Waals surface area contributed by atoms with Crippen molar-refractivity contribution in [2.45, 2.75) is 50.5 Å². The van der Waals surface area contributed by atoms with E-state index in [-0.39, 0.29) is 5.91 Å². The van der Waals surface area contributed by atoms with Crippen molar-refractivity contribution < 1.29 is 28.5 Å². The van der Waals surface area contributed by atoms with Crippen molar-refractivity contribution in [3.63, 3.8) is 0 Å². The van der Waals surface area contributed by atoms with Gasteiger partial charge in [-0.15, -0.1) is 6.58 Å². The third-order valence-electron chi connectivity index (χ3n) is 5.44. The molecule has 0 unspecified atom stereocenters. The maximum atomic E-state index is 12.0. The van der Waals surface area contributed by atoms with Gasteiger partial charge >= 0.3 is 0 Å². The molecule has 2 aliphatic rings. The molecule has 2 fully saturated rings. The number of carbonyl (C=O) groups excluding carboxylic acids is 1. The van der Waals surface area contributed by atoms with Crippen molar-refractivity contribution in [2.24, 2.45) is 0 Å². The van der Waals surface area contributed by atoms with E-state index in [9.17, 15) is 4.79 Å². The summed E-state index contributed by atoms with van der Waals surface area (Å²) in [7, 11) is 0. The van der Waals surface area contributed by atoms with Gasteiger partial charge in [-0.3, -0.25) is 4.79 Å². The summed E-state index contributed by atoms with van der Waals surface area (Å²) in [6.07, 6.45) is -0.973. The zero-order chi connectivity index (χ0) is 22.3. The second-order valence-electron chi connectivity index (χ2n) is 7.83. The molecule has 1 amide bonds. The standard InChI is InChI=1S/C25H29NO6/c1-3-14-28-23-21(26-17(2)27)25(29-15-18-10-6-4-7-11-18)31-20-16-30-24(32-22(20)23)19-12-8-5-9-13-19/h3-13,20-25H,1,14-16H2,2H3,(H,26,27)/t20-,21-,22+,23-,24+,25+/m0/s1. The van der Waals surface area contributed by atoms with Crippen LogP contribution >= 0.6 is 0 Å². The zero-order valence-electron chi connectivity index (χ0n) is 18.1. The first-order valence-corrected chi connectivity index (χ1v) is 10.8. The Hall–Kier alpha value is -2.55. The monoisotopic (exact) mass is 439 g/mol. The van der Waals surface area contributed by atoms with Gasteiger partial charge in [0.25, 0.3) is 0 Å². The van der Waals surface area contributed by atoms with Crippen LogP contribution < -0.4 is 5.32 Å². The molecular weight excluding hydrogens is 410 g/mol. The van der Waals surface area contributed by atoms with E-state index in [0.717, 1.165) is 11.1 Å². The molecule has 2 aliphatic heterocycles. The van der Waals surface area contributed by atoms with Gasteiger partial charge < -0.3 is 29.0 Å².